The van der Waals surface area contributed by atoms with Crippen LogP contribution in [0.1, 0.15) is 19.4 Å². The Morgan fingerprint density at radius 3 is 2.29 bits per heavy atom. The van der Waals surface area contributed by atoms with Crippen LogP contribution in [0.25, 0.3) is 0 Å². The van der Waals surface area contributed by atoms with Crippen LogP contribution in [-0.4, -0.2) is 31.0 Å². The Hall–Kier alpha value is -1.95. The van der Waals surface area contributed by atoms with Gasteiger partial charge in [0.1, 0.15) is 5.75 Å². The fraction of sp³-hybridized carbons (Fsp3) is 0.357. The molecule has 3 heteroatoms. The molecular weight excluding hydrogens is 214 g/mol. The van der Waals surface area contributed by atoms with Crippen molar-refractivity contribution in [3.8, 4) is 17.6 Å². The molecule has 3 nitrogen and oxygen atoms in total. The van der Waals surface area contributed by atoms with Crippen LogP contribution < -0.4 is 4.74 Å². The highest BCUT2D eigenvalue weighted by molar-refractivity contribution is 5.94. The molecule has 0 aromatic heterocycles. The van der Waals surface area contributed by atoms with E-state index in [9.17, 15) is 4.79 Å². The number of hydrogen-bond donors (Lipinski definition) is 0. The highest BCUT2D eigenvalue weighted by atomic mass is 16.5. The lowest BCUT2D eigenvalue weighted by Gasteiger charge is -2.14. The lowest BCUT2D eigenvalue weighted by Crippen LogP contribution is -2.29. The number of methoxy groups -OCH3 is 1. The topological polar surface area (TPSA) is 29.5 Å². The first-order chi connectivity index (χ1) is 8.21. The lowest BCUT2D eigenvalue weighted by atomic mass is 10.2. The van der Waals surface area contributed by atoms with Crippen LogP contribution in [0.15, 0.2) is 24.3 Å². The van der Waals surface area contributed by atoms with Gasteiger partial charge in [-0.1, -0.05) is 5.92 Å². The molecule has 90 valence electrons. The minimum absolute atomic E-state index is 0.134. The van der Waals surface area contributed by atoms with Crippen molar-refractivity contribution in [2.45, 2.75) is 13.8 Å². The Morgan fingerprint density at radius 2 is 1.82 bits per heavy atom. The predicted molar refractivity (Wildman–Crippen MR) is 67.8 cm³/mol. The van der Waals surface area contributed by atoms with Crippen molar-refractivity contribution >= 4 is 5.91 Å². The average molecular weight is 231 g/mol. The molecule has 0 heterocycles. The maximum Gasteiger partial charge on any atom is 0.298 e. The first-order valence-electron chi connectivity index (χ1n) is 5.66. The molecule has 0 N–H and O–H groups in total. The standard InChI is InChI=1S/C14H17NO2/c1-4-15(5-2)14(16)11-8-12-6-9-13(17-3)10-7-12/h6-7,9-10H,4-5H2,1-3H3. The molecule has 0 unspecified atom stereocenters. The smallest absolute Gasteiger partial charge is 0.298 e. The van der Waals surface area contributed by atoms with Gasteiger partial charge in [0.25, 0.3) is 5.91 Å². The summed E-state index contributed by atoms with van der Waals surface area (Å²) in [5.74, 6) is 6.13. The fourth-order valence-corrected chi connectivity index (χ4v) is 1.39. The van der Waals surface area contributed by atoms with Gasteiger partial charge in [0.05, 0.1) is 7.11 Å². The highest BCUT2D eigenvalue weighted by Crippen LogP contribution is 2.10. The second-order valence-electron chi connectivity index (χ2n) is 3.46. The number of carbonyl (C=O) groups is 1. The minimum atomic E-state index is -0.134. The molecule has 1 amide bonds. The Bertz CT molecular complexity index is 422. The van der Waals surface area contributed by atoms with Gasteiger partial charge in [-0.05, 0) is 38.1 Å². The molecule has 0 aliphatic heterocycles. The summed E-state index contributed by atoms with van der Waals surface area (Å²) < 4.78 is 5.04. The summed E-state index contributed by atoms with van der Waals surface area (Å²) in [6.07, 6.45) is 0. The van der Waals surface area contributed by atoms with Gasteiger partial charge < -0.3 is 9.64 Å². The zero-order valence-corrected chi connectivity index (χ0v) is 10.5. The van der Waals surface area contributed by atoms with E-state index < -0.39 is 0 Å². The Labute approximate surface area is 102 Å². The summed E-state index contributed by atoms with van der Waals surface area (Å²) in [5, 5.41) is 0. The van der Waals surface area contributed by atoms with Gasteiger partial charge in [0.2, 0.25) is 0 Å². The Kier molecular flexibility index (Phi) is 5.09. The van der Waals surface area contributed by atoms with E-state index in [1.165, 1.54) is 0 Å². The van der Waals surface area contributed by atoms with Crippen LogP contribution in [-0.2, 0) is 4.79 Å². The van der Waals surface area contributed by atoms with E-state index in [4.69, 9.17) is 4.74 Å². The van der Waals surface area contributed by atoms with Crippen molar-refractivity contribution in [2.75, 3.05) is 20.2 Å². The molecule has 0 atom stereocenters. The molecule has 1 rings (SSSR count). The molecule has 0 spiro atoms. The van der Waals surface area contributed by atoms with Crippen LogP contribution in [0.4, 0.5) is 0 Å². The molecule has 0 saturated carbocycles. The van der Waals surface area contributed by atoms with E-state index in [2.05, 4.69) is 11.8 Å². The molecule has 0 aliphatic carbocycles. The number of ether oxygens (including phenoxy) is 1. The van der Waals surface area contributed by atoms with E-state index in [1.54, 1.807) is 12.0 Å². The van der Waals surface area contributed by atoms with Gasteiger partial charge in [0, 0.05) is 24.6 Å². The molecule has 0 aliphatic rings. The number of rotatable bonds is 3. The number of amides is 1. The van der Waals surface area contributed by atoms with Gasteiger partial charge in [-0.15, -0.1) is 0 Å². The van der Waals surface area contributed by atoms with Gasteiger partial charge in [-0.2, -0.15) is 0 Å². The quantitative estimate of drug-likeness (QED) is 0.744. The third-order valence-corrected chi connectivity index (χ3v) is 2.45. The molecule has 1 aromatic carbocycles. The van der Waals surface area contributed by atoms with E-state index >= 15 is 0 Å². The van der Waals surface area contributed by atoms with Crippen LogP contribution in [0.3, 0.4) is 0 Å². The fourth-order valence-electron chi connectivity index (χ4n) is 1.39. The van der Waals surface area contributed by atoms with Crippen molar-refractivity contribution in [3.05, 3.63) is 29.8 Å². The summed E-state index contributed by atoms with van der Waals surface area (Å²) in [7, 11) is 1.62. The molecule has 0 bridgehead atoms. The third kappa shape index (κ3) is 3.84. The third-order valence-electron chi connectivity index (χ3n) is 2.45. The zero-order chi connectivity index (χ0) is 12.7. The van der Waals surface area contributed by atoms with E-state index in [0.717, 1.165) is 11.3 Å². The van der Waals surface area contributed by atoms with E-state index in [1.807, 2.05) is 38.1 Å². The number of nitrogens with zero attached hydrogens (tertiary/aromatic N) is 1. The van der Waals surface area contributed by atoms with Crippen molar-refractivity contribution < 1.29 is 9.53 Å². The summed E-state index contributed by atoms with van der Waals surface area (Å²) >= 11 is 0. The maximum absolute atomic E-state index is 11.6. The van der Waals surface area contributed by atoms with Crippen molar-refractivity contribution in [1.82, 2.24) is 4.90 Å². The monoisotopic (exact) mass is 231 g/mol. The zero-order valence-electron chi connectivity index (χ0n) is 10.5. The second-order valence-corrected chi connectivity index (χ2v) is 3.46. The number of carbonyl (C=O) groups excluding carboxylic acids is 1. The molecule has 0 saturated heterocycles. The highest BCUT2D eigenvalue weighted by Gasteiger charge is 2.04. The van der Waals surface area contributed by atoms with Gasteiger partial charge in [-0.3, -0.25) is 4.79 Å². The van der Waals surface area contributed by atoms with Crippen LogP contribution in [0.2, 0.25) is 0 Å². The van der Waals surface area contributed by atoms with Gasteiger partial charge >= 0.3 is 0 Å². The minimum Gasteiger partial charge on any atom is -0.497 e. The summed E-state index contributed by atoms with van der Waals surface area (Å²) in [6, 6.07) is 7.32. The average Bonchev–Trinajstić information content (AvgIpc) is 2.38. The van der Waals surface area contributed by atoms with E-state index in [-0.39, 0.29) is 5.91 Å². The normalized spacial score (nSPS) is 9.12. The predicted octanol–water partition coefficient (Wildman–Crippen LogP) is 1.92. The van der Waals surface area contributed by atoms with Crippen LogP contribution >= 0.6 is 0 Å². The first kappa shape index (κ1) is 13.1. The Balaban J connectivity index is 2.73. The Morgan fingerprint density at radius 1 is 1.24 bits per heavy atom. The first-order valence-corrected chi connectivity index (χ1v) is 5.66. The molecular formula is C14H17NO2. The largest absolute Gasteiger partial charge is 0.497 e. The van der Waals surface area contributed by atoms with Crippen LogP contribution in [0, 0.1) is 11.8 Å². The summed E-state index contributed by atoms with van der Waals surface area (Å²) in [4.78, 5) is 13.3. The van der Waals surface area contributed by atoms with Crippen LogP contribution in [0.5, 0.6) is 5.75 Å². The van der Waals surface area contributed by atoms with Crippen molar-refractivity contribution in [2.24, 2.45) is 0 Å². The summed E-state index contributed by atoms with van der Waals surface area (Å²) in [5.41, 5.74) is 0.811. The molecule has 1 aromatic rings. The van der Waals surface area contributed by atoms with Crippen molar-refractivity contribution in [3.63, 3.8) is 0 Å². The number of hydrogen-bond acceptors (Lipinski definition) is 2. The lowest BCUT2D eigenvalue weighted by molar-refractivity contribution is -0.124. The van der Waals surface area contributed by atoms with Gasteiger partial charge in [0.15, 0.2) is 0 Å². The molecule has 17 heavy (non-hydrogen) atoms. The SMILES string of the molecule is CCN(CC)C(=O)C#Cc1ccc(OC)cc1. The molecule has 0 radical (unpaired) electrons. The second kappa shape index (κ2) is 6.59. The maximum atomic E-state index is 11.6. The van der Waals surface area contributed by atoms with E-state index in [0.29, 0.717) is 13.1 Å². The summed E-state index contributed by atoms with van der Waals surface area (Å²) in [6.45, 7) is 5.26. The van der Waals surface area contributed by atoms with Crippen molar-refractivity contribution in [1.29, 1.82) is 0 Å². The number of benzene rings is 1. The van der Waals surface area contributed by atoms with Gasteiger partial charge in [-0.25, -0.2) is 0 Å². The molecule has 0 fully saturated rings.